The minimum absolute atomic E-state index is 0.0894. The Morgan fingerprint density at radius 1 is 1.16 bits per heavy atom. The fraction of sp³-hybridized carbons (Fsp3) is 0.533. The van der Waals surface area contributed by atoms with Gasteiger partial charge in [0, 0.05) is 19.8 Å². The van der Waals surface area contributed by atoms with Crippen LogP contribution >= 0.6 is 12.2 Å². The van der Waals surface area contributed by atoms with Crippen molar-refractivity contribution >= 4 is 22.9 Å². The number of piperidine rings is 1. The predicted molar refractivity (Wildman–Crippen MR) is 85.7 cm³/mol. The first-order valence-corrected chi connectivity index (χ1v) is 7.31. The van der Waals surface area contributed by atoms with Crippen LogP contribution in [0.3, 0.4) is 0 Å². The van der Waals surface area contributed by atoms with E-state index < -0.39 is 0 Å². The molecule has 1 unspecified atom stereocenters. The lowest BCUT2D eigenvalue weighted by Gasteiger charge is -2.34. The maximum Gasteiger partial charge on any atom is 0.0948 e. The first kappa shape index (κ1) is 14.3. The third kappa shape index (κ3) is 3.45. The third-order valence-corrected chi connectivity index (χ3v) is 3.97. The van der Waals surface area contributed by atoms with Crippen LogP contribution in [0.5, 0.6) is 0 Å². The fourth-order valence-corrected chi connectivity index (χ4v) is 2.97. The van der Waals surface area contributed by atoms with E-state index in [9.17, 15) is 0 Å². The van der Waals surface area contributed by atoms with Crippen LogP contribution in [0, 0.1) is 0 Å². The van der Waals surface area contributed by atoms with E-state index in [4.69, 9.17) is 18.0 Å². The van der Waals surface area contributed by atoms with E-state index >= 15 is 0 Å². The van der Waals surface area contributed by atoms with Crippen molar-refractivity contribution in [2.24, 2.45) is 5.73 Å². The van der Waals surface area contributed by atoms with Crippen LogP contribution in [0.1, 0.15) is 30.9 Å². The van der Waals surface area contributed by atoms with Crippen LogP contribution in [-0.4, -0.2) is 37.1 Å². The maximum atomic E-state index is 5.98. The normalized spacial score (nSPS) is 18.0. The number of nitrogens with zero attached hydrogens (tertiary/aromatic N) is 2. The monoisotopic (exact) mass is 277 g/mol. The minimum Gasteiger partial charge on any atom is -0.392 e. The molecule has 0 amide bonds. The van der Waals surface area contributed by atoms with Crippen LogP contribution in [0.25, 0.3) is 0 Å². The van der Waals surface area contributed by atoms with E-state index in [1.807, 2.05) is 14.1 Å². The van der Waals surface area contributed by atoms with Crippen molar-refractivity contribution in [2.45, 2.75) is 25.3 Å². The molecule has 1 heterocycles. The second-order valence-corrected chi connectivity index (χ2v) is 5.86. The van der Waals surface area contributed by atoms with Gasteiger partial charge in [-0.25, -0.2) is 0 Å². The molecule has 4 heteroatoms. The van der Waals surface area contributed by atoms with E-state index in [-0.39, 0.29) is 6.04 Å². The van der Waals surface area contributed by atoms with Crippen molar-refractivity contribution in [2.75, 3.05) is 32.1 Å². The lowest BCUT2D eigenvalue weighted by Crippen LogP contribution is -2.40. The molecule has 1 aromatic rings. The fourth-order valence-electron chi connectivity index (χ4n) is 2.69. The predicted octanol–water partition coefficient (Wildman–Crippen LogP) is 2.57. The standard InChI is InChI=1S/C15H23N3S/c1-17(2)13-8-6-12(7-9-13)14(15(16)19)18-10-4-3-5-11-18/h6-9,14H,3-5,10-11H2,1-2H3,(H2,16,19). The van der Waals surface area contributed by atoms with E-state index in [0.29, 0.717) is 4.99 Å². The van der Waals surface area contributed by atoms with E-state index in [2.05, 4.69) is 34.1 Å². The van der Waals surface area contributed by atoms with E-state index in [0.717, 1.165) is 13.1 Å². The number of thiocarbonyl (C=S) groups is 1. The Bertz CT molecular complexity index is 422. The van der Waals surface area contributed by atoms with Gasteiger partial charge in [-0.2, -0.15) is 0 Å². The number of rotatable bonds is 4. The molecule has 0 spiro atoms. The Morgan fingerprint density at radius 2 is 1.74 bits per heavy atom. The van der Waals surface area contributed by atoms with Crippen molar-refractivity contribution in [3.63, 3.8) is 0 Å². The average molecular weight is 277 g/mol. The Balaban J connectivity index is 2.20. The molecule has 0 aromatic heterocycles. The SMILES string of the molecule is CN(C)c1ccc(C(C(N)=S)N2CCCCC2)cc1. The molecule has 1 aliphatic rings. The number of benzene rings is 1. The average Bonchev–Trinajstić information content (AvgIpc) is 2.40. The van der Waals surface area contributed by atoms with Gasteiger partial charge in [0.2, 0.25) is 0 Å². The molecule has 0 aliphatic carbocycles. The minimum atomic E-state index is 0.0894. The second kappa shape index (κ2) is 6.35. The molecule has 0 bridgehead atoms. The van der Waals surface area contributed by atoms with Crippen molar-refractivity contribution in [3.05, 3.63) is 29.8 Å². The highest BCUT2D eigenvalue weighted by Gasteiger charge is 2.24. The smallest absolute Gasteiger partial charge is 0.0948 e. The molecule has 1 saturated heterocycles. The highest BCUT2D eigenvalue weighted by atomic mass is 32.1. The summed E-state index contributed by atoms with van der Waals surface area (Å²) in [7, 11) is 4.09. The number of nitrogens with two attached hydrogens (primary N) is 1. The van der Waals surface area contributed by atoms with Crippen molar-refractivity contribution in [1.82, 2.24) is 4.90 Å². The number of hydrogen-bond acceptors (Lipinski definition) is 3. The molecule has 1 aromatic carbocycles. The third-order valence-electron chi connectivity index (χ3n) is 3.75. The lowest BCUT2D eigenvalue weighted by molar-refractivity contribution is 0.203. The van der Waals surface area contributed by atoms with Gasteiger partial charge in [-0.05, 0) is 43.6 Å². The zero-order valence-electron chi connectivity index (χ0n) is 11.8. The summed E-state index contributed by atoms with van der Waals surface area (Å²) in [5.74, 6) is 0. The molecule has 1 fully saturated rings. The summed E-state index contributed by atoms with van der Waals surface area (Å²) in [5.41, 5.74) is 8.38. The molecule has 3 nitrogen and oxygen atoms in total. The molecule has 19 heavy (non-hydrogen) atoms. The summed E-state index contributed by atoms with van der Waals surface area (Å²) in [6.45, 7) is 2.19. The zero-order chi connectivity index (χ0) is 13.8. The van der Waals surface area contributed by atoms with Crippen molar-refractivity contribution in [1.29, 1.82) is 0 Å². The van der Waals surface area contributed by atoms with E-state index in [1.165, 1.54) is 30.5 Å². The van der Waals surface area contributed by atoms with Crippen LogP contribution < -0.4 is 10.6 Å². The quantitative estimate of drug-likeness (QED) is 0.857. The highest BCUT2D eigenvalue weighted by Crippen LogP contribution is 2.26. The Morgan fingerprint density at radius 3 is 2.21 bits per heavy atom. The summed E-state index contributed by atoms with van der Waals surface area (Å²) >= 11 is 5.29. The van der Waals surface area contributed by atoms with Gasteiger partial charge < -0.3 is 10.6 Å². The summed E-state index contributed by atoms with van der Waals surface area (Å²) in [6, 6.07) is 8.64. The van der Waals surface area contributed by atoms with E-state index in [1.54, 1.807) is 0 Å². The molecule has 1 aliphatic heterocycles. The van der Waals surface area contributed by atoms with Crippen molar-refractivity contribution in [3.8, 4) is 0 Å². The largest absolute Gasteiger partial charge is 0.392 e. The Hall–Kier alpha value is -1.13. The molecular formula is C15H23N3S. The van der Waals surface area contributed by atoms with Gasteiger partial charge in [0.05, 0.1) is 11.0 Å². The molecular weight excluding hydrogens is 254 g/mol. The van der Waals surface area contributed by atoms with Gasteiger partial charge in [0.25, 0.3) is 0 Å². The molecule has 2 N–H and O–H groups in total. The number of anilines is 1. The zero-order valence-corrected chi connectivity index (χ0v) is 12.6. The van der Waals surface area contributed by atoms with Gasteiger partial charge >= 0.3 is 0 Å². The van der Waals surface area contributed by atoms with Gasteiger partial charge in [-0.3, -0.25) is 4.90 Å². The molecule has 104 valence electrons. The van der Waals surface area contributed by atoms with Crippen LogP contribution in [0.4, 0.5) is 5.69 Å². The van der Waals surface area contributed by atoms with Gasteiger partial charge in [-0.1, -0.05) is 30.8 Å². The van der Waals surface area contributed by atoms with Gasteiger partial charge in [0.1, 0.15) is 0 Å². The second-order valence-electron chi connectivity index (χ2n) is 5.39. The molecule has 0 saturated carbocycles. The number of hydrogen-bond donors (Lipinski definition) is 1. The van der Waals surface area contributed by atoms with Crippen LogP contribution in [-0.2, 0) is 0 Å². The van der Waals surface area contributed by atoms with Crippen molar-refractivity contribution < 1.29 is 0 Å². The topological polar surface area (TPSA) is 32.5 Å². The summed E-state index contributed by atoms with van der Waals surface area (Å²) in [4.78, 5) is 5.09. The van der Waals surface area contributed by atoms with Crippen LogP contribution in [0.15, 0.2) is 24.3 Å². The lowest BCUT2D eigenvalue weighted by atomic mass is 10.0. The molecule has 0 radical (unpaired) electrons. The number of likely N-dealkylation sites (tertiary alicyclic amines) is 1. The molecule has 2 rings (SSSR count). The van der Waals surface area contributed by atoms with Crippen LogP contribution in [0.2, 0.25) is 0 Å². The molecule has 1 atom stereocenters. The highest BCUT2D eigenvalue weighted by molar-refractivity contribution is 7.80. The van der Waals surface area contributed by atoms with Gasteiger partial charge in [0.15, 0.2) is 0 Å². The summed E-state index contributed by atoms with van der Waals surface area (Å²) in [6.07, 6.45) is 3.81. The summed E-state index contributed by atoms with van der Waals surface area (Å²) < 4.78 is 0. The Labute approximate surface area is 121 Å². The van der Waals surface area contributed by atoms with Gasteiger partial charge in [-0.15, -0.1) is 0 Å². The first-order valence-electron chi connectivity index (χ1n) is 6.90. The first-order chi connectivity index (χ1) is 9.09. The summed E-state index contributed by atoms with van der Waals surface area (Å²) in [5, 5.41) is 0. The maximum absolute atomic E-state index is 5.98. The Kier molecular flexibility index (Phi) is 4.77.